The maximum absolute atomic E-state index is 5.75. The van der Waals surface area contributed by atoms with Crippen molar-refractivity contribution in [2.45, 2.75) is 39.8 Å². The smallest absolute Gasteiger partial charge is 0.191 e. The summed E-state index contributed by atoms with van der Waals surface area (Å²) in [5.41, 5.74) is 0. The summed E-state index contributed by atoms with van der Waals surface area (Å²) in [6.45, 7) is 8.85. The van der Waals surface area contributed by atoms with Crippen LogP contribution in [0.25, 0.3) is 0 Å². The molecule has 0 spiro atoms. The van der Waals surface area contributed by atoms with Crippen LogP contribution in [0, 0.1) is 5.92 Å². The molecule has 1 rings (SSSR count). The zero-order valence-electron chi connectivity index (χ0n) is 13.3. The van der Waals surface area contributed by atoms with Gasteiger partial charge in [-0.05, 0) is 47.3 Å². The first-order valence-corrected chi connectivity index (χ1v) is 8.98. The van der Waals surface area contributed by atoms with Crippen LogP contribution >= 0.6 is 27.3 Å². The number of hydrogen-bond acceptors (Lipinski definition) is 3. The highest BCUT2D eigenvalue weighted by molar-refractivity contribution is 9.11. The second-order valence-corrected chi connectivity index (χ2v) is 7.63. The molecule has 4 nitrogen and oxygen atoms in total. The fraction of sp³-hybridized carbons (Fsp3) is 0.667. The number of ether oxygens (including phenoxy) is 1. The van der Waals surface area contributed by atoms with Gasteiger partial charge >= 0.3 is 0 Å². The topological polar surface area (TPSA) is 45.6 Å². The molecule has 0 saturated heterocycles. The van der Waals surface area contributed by atoms with Gasteiger partial charge in [0.05, 0.1) is 16.4 Å². The number of halogens is 1. The largest absolute Gasteiger partial charge is 0.378 e. The van der Waals surface area contributed by atoms with Crippen molar-refractivity contribution in [1.82, 2.24) is 10.6 Å². The Morgan fingerprint density at radius 1 is 1.38 bits per heavy atom. The van der Waals surface area contributed by atoms with Gasteiger partial charge < -0.3 is 15.4 Å². The Kier molecular flexibility index (Phi) is 8.96. The van der Waals surface area contributed by atoms with Crippen molar-refractivity contribution >= 4 is 33.2 Å². The minimum atomic E-state index is 0.300. The molecule has 1 atom stereocenters. The van der Waals surface area contributed by atoms with Gasteiger partial charge in [0.1, 0.15) is 0 Å². The van der Waals surface area contributed by atoms with Crippen LogP contribution in [0.3, 0.4) is 0 Å². The lowest BCUT2D eigenvalue weighted by atomic mass is 10.0. The fourth-order valence-electron chi connectivity index (χ4n) is 1.99. The van der Waals surface area contributed by atoms with Crippen molar-refractivity contribution in [2.75, 3.05) is 20.2 Å². The predicted octanol–water partition coefficient (Wildman–Crippen LogP) is 3.63. The van der Waals surface area contributed by atoms with Crippen molar-refractivity contribution in [1.29, 1.82) is 0 Å². The minimum absolute atomic E-state index is 0.300. The highest BCUT2D eigenvalue weighted by Gasteiger charge is 2.12. The zero-order valence-corrected chi connectivity index (χ0v) is 15.7. The molecule has 0 aromatic carbocycles. The Labute approximate surface area is 140 Å². The Morgan fingerprint density at radius 3 is 2.67 bits per heavy atom. The minimum Gasteiger partial charge on any atom is -0.378 e. The van der Waals surface area contributed by atoms with Crippen molar-refractivity contribution < 1.29 is 4.74 Å². The van der Waals surface area contributed by atoms with Gasteiger partial charge in [-0.15, -0.1) is 11.3 Å². The highest BCUT2D eigenvalue weighted by Crippen LogP contribution is 2.21. The van der Waals surface area contributed by atoms with E-state index < -0.39 is 0 Å². The van der Waals surface area contributed by atoms with E-state index in [0.29, 0.717) is 12.0 Å². The number of hydrogen-bond donors (Lipinski definition) is 2. The molecule has 0 amide bonds. The molecule has 0 fully saturated rings. The highest BCUT2D eigenvalue weighted by atomic mass is 79.9. The molecule has 1 heterocycles. The lowest BCUT2D eigenvalue weighted by Gasteiger charge is -2.21. The van der Waals surface area contributed by atoms with Crippen molar-refractivity contribution in [3.8, 4) is 0 Å². The summed E-state index contributed by atoms with van der Waals surface area (Å²) in [7, 11) is 1.79. The van der Waals surface area contributed by atoms with Gasteiger partial charge in [-0.2, -0.15) is 0 Å². The number of nitrogens with zero attached hydrogens (tertiary/aromatic N) is 1. The molecule has 0 radical (unpaired) electrons. The molecule has 1 unspecified atom stereocenters. The Hall–Kier alpha value is -0.590. The van der Waals surface area contributed by atoms with Crippen LogP contribution in [-0.4, -0.2) is 32.3 Å². The van der Waals surface area contributed by atoms with E-state index >= 15 is 0 Å². The zero-order chi connectivity index (χ0) is 15.7. The maximum Gasteiger partial charge on any atom is 0.191 e. The van der Waals surface area contributed by atoms with E-state index in [9.17, 15) is 0 Å². The maximum atomic E-state index is 5.75. The van der Waals surface area contributed by atoms with Gasteiger partial charge in [0.15, 0.2) is 5.96 Å². The second-order valence-electron chi connectivity index (χ2n) is 5.08. The molecule has 6 heteroatoms. The van der Waals surface area contributed by atoms with Gasteiger partial charge in [-0.25, -0.2) is 0 Å². The molecule has 0 aliphatic heterocycles. The van der Waals surface area contributed by atoms with Crippen LogP contribution in [0.15, 0.2) is 20.9 Å². The van der Waals surface area contributed by atoms with Gasteiger partial charge in [-0.3, -0.25) is 4.99 Å². The quantitative estimate of drug-likeness (QED) is 0.538. The molecular formula is C15H26BrN3OS. The van der Waals surface area contributed by atoms with Crippen molar-refractivity contribution in [2.24, 2.45) is 10.9 Å². The van der Waals surface area contributed by atoms with Crippen LogP contribution < -0.4 is 10.6 Å². The summed E-state index contributed by atoms with van der Waals surface area (Å²) in [4.78, 5) is 5.52. The van der Waals surface area contributed by atoms with Crippen LogP contribution in [-0.2, 0) is 11.3 Å². The van der Waals surface area contributed by atoms with Crippen molar-refractivity contribution in [3.63, 3.8) is 0 Å². The summed E-state index contributed by atoms with van der Waals surface area (Å²) >= 11 is 5.20. The molecule has 0 aliphatic rings. The fourth-order valence-corrected chi connectivity index (χ4v) is 3.42. The molecule has 0 bridgehead atoms. The van der Waals surface area contributed by atoms with Gasteiger partial charge in [0.25, 0.3) is 0 Å². The average molecular weight is 376 g/mol. The lowest BCUT2D eigenvalue weighted by molar-refractivity contribution is 0.0258. The number of nitrogens with one attached hydrogen (secondary N) is 2. The van der Waals surface area contributed by atoms with Crippen LogP contribution in [0.4, 0.5) is 0 Å². The Morgan fingerprint density at radius 2 is 2.14 bits per heavy atom. The van der Waals surface area contributed by atoms with E-state index in [1.165, 1.54) is 4.88 Å². The predicted molar refractivity (Wildman–Crippen MR) is 95.1 cm³/mol. The summed E-state index contributed by atoms with van der Waals surface area (Å²) in [5, 5.41) is 6.66. The molecule has 21 heavy (non-hydrogen) atoms. The molecular weight excluding hydrogens is 350 g/mol. The van der Waals surface area contributed by atoms with E-state index in [-0.39, 0.29) is 0 Å². The summed E-state index contributed by atoms with van der Waals surface area (Å²) in [5.74, 6) is 1.36. The summed E-state index contributed by atoms with van der Waals surface area (Å²) < 4.78 is 6.90. The Balaban J connectivity index is 2.31. The normalized spacial score (nSPS) is 13.5. The van der Waals surface area contributed by atoms with E-state index in [1.807, 2.05) is 6.92 Å². The molecule has 2 N–H and O–H groups in total. The number of thiophene rings is 1. The summed E-state index contributed by atoms with van der Waals surface area (Å²) in [6.07, 6.45) is 1.28. The third-order valence-electron chi connectivity index (χ3n) is 3.13. The molecule has 1 aromatic rings. The van der Waals surface area contributed by atoms with Crippen LogP contribution in [0.5, 0.6) is 0 Å². The van der Waals surface area contributed by atoms with Crippen LogP contribution in [0.1, 0.15) is 32.1 Å². The second kappa shape index (κ2) is 10.2. The summed E-state index contributed by atoms with van der Waals surface area (Å²) in [6, 6.07) is 4.17. The Bertz CT molecular complexity index is 434. The third-order valence-corrected chi connectivity index (χ3v) is 4.75. The number of guanidine groups is 1. The van der Waals surface area contributed by atoms with Gasteiger partial charge in [0.2, 0.25) is 0 Å². The first-order chi connectivity index (χ1) is 10.1. The average Bonchev–Trinajstić information content (AvgIpc) is 2.86. The SMILES string of the molecule is CCOC(CCNC(=NC)NCc1ccc(Br)s1)C(C)C. The van der Waals surface area contributed by atoms with E-state index in [2.05, 4.69) is 57.5 Å². The van der Waals surface area contributed by atoms with Gasteiger partial charge in [-0.1, -0.05) is 13.8 Å². The molecule has 0 saturated carbocycles. The van der Waals surface area contributed by atoms with E-state index in [4.69, 9.17) is 4.74 Å². The first-order valence-electron chi connectivity index (χ1n) is 7.37. The number of aliphatic imine (C=N–C) groups is 1. The van der Waals surface area contributed by atoms with Crippen molar-refractivity contribution in [3.05, 3.63) is 20.8 Å². The lowest BCUT2D eigenvalue weighted by Crippen LogP contribution is -2.38. The van der Waals surface area contributed by atoms with Gasteiger partial charge in [0, 0.05) is 25.1 Å². The van der Waals surface area contributed by atoms with E-state index in [0.717, 1.165) is 35.9 Å². The van der Waals surface area contributed by atoms with E-state index in [1.54, 1.807) is 18.4 Å². The first kappa shape index (κ1) is 18.5. The monoisotopic (exact) mass is 375 g/mol. The third kappa shape index (κ3) is 7.29. The number of rotatable bonds is 8. The van der Waals surface area contributed by atoms with Crippen LogP contribution in [0.2, 0.25) is 0 Å². The molecule has 0 aliphatic carbocycles. The molecule has 1 aromatic heterocycles. The standard InChI is InChI=1S/C15H26BrN3OS/c1-5-20-13(11(2)3)8-9-18-15(17-4)19-10-12-6-7-14(16)21-12/h6-7,11,13H,5,8-10H2,1-4H3,(H2,17,18,19). The molecule has 120 valence electrons.